The summed E-state index contributed by atoms with van der Waals surface area (Å²) < 4.78 is 2.04. The summed E-state index contributed by atoms with van der Waals surface area (Å²) in [6.07, 6.45) is 2.86. The normalized spacial score (nSPS) is 13.3. The zero-order valence-corrected chi connectivity index (χ0v) is 9.62. The molecule has 0 fully saturated rings. The summed E-state index contributed by atoms with van der Waals surface area (Å²) in [7, 11) is 1.95. The number of nitrogens with zero attached hydrogens (tertiary/aromatic N) is 2. The Hall–Kier alpha value is -1.06. The number of nitrogens with one attached hydrogen (secondary N) is 1. The first kappa shape index (κ1) is 10.5. The van der Waals surface area contributed by atoms with Crippen LogP contribution in [-0.4, -0.2) is 22.5 Å². The van der Waals surface area contributed by atoms with Gasteiger partial charge in [0.2, 0.25) is 0 Å². The van der Waals surface area contributed by atoms with Gasteiger partial charge in [0.05, 0.1) is 5.52 Å². The minimum Gasteiger partial charge on any atom is -0.317 e. The second-order valence-corrected chi connectivity index (χ2v) is 4.03. The number of rotatable bonds is 3. The largest absolute Gasteiger partial charge is 0.317 e. The van der Waals surface area contributed by atoms with E-state index in [1.807, 2.05) is 35.8 Å². The number of likely N-dealkylation sites (N-methyl/N-ethyl adjacent to an activating group) is 1. The standard InChI is InChI=1S/C11H14ClN3/c1-8(13-2)7-10-14-11(12)9-5-3-4-6-15(9)10/h3-6,8,13H,7H2,1-2H3. The molecule has 2 heterocycles. The topological polar surface area (TPSA) is 29.3 Å². The van der Waals surface area contributed by atoms with Crippen LogP contribution in [0.2, 0.25) is 5.15 Å². The Morgan fingerprint density at radius 1 is 1.53 bits per heavy atom. The molecule has 0 aliphatic heterocycles. The first-order valence-electron chi connectivity index (χ1n) is 5.01. The van der Waals surface area contributed by atoms with Gasteiger partial charge in [-0.15, -0.1) is 0 Å². The lowest BCUT2D eigenvalue weighted by Gasteiger charge is -2.08. The zero-order chi connectivity index (χ0) is 10.8. The third kappa shape index (κ3) is 1.98. The molecule has 2 aromatic heterocycles. The van der Waals surface area contributed by atoms with E-state index in [1.165, 1.54) is 0 Å². The molecule has 2 aromatic rings. The number of hydrogen-bond donors (Lipinski definition) is 1. The van der Waals surface area contributed by atoms with E-state index in [1.54, 1.807) is 0 Å². The van der Waals surface area contributed by atoms with Crippen molar-refractivity contribution in [1.82, 2.24) is 14.7 Å². The maximum absolute atomic E-state index is 6.05. The van der Waals surface area contributed by atoms with Crippen molar-refractivity contribution in [3.63, 3.8) is 0 Å². The SMILES string of the molecule is CNC(C)Cc1nc(Cl)c2ccccn12. The third-order valence-corrected chi connectivity index (χ3v) is 2.84. The van der Waals surface area contributed by atoms with Crippen molar-refractivity contribution in [2.24, 2.45) is 0 Å². The van der Waals surface area contributed by atoms with Crippen LogP contribution < -0.4 is 5.32 Å². The van der Waals surface area contributed by atoms with E-state index >= 15 is 0 Å². The fourth-order valence-electron chi connectivity index (χ4n) is 1.58. The highest BCUT2D eigenvalue weighted by molar-refractivity contribution is 6.32. The average Bonchev–Trinajstić information content (AvgIpc) is 2.57. The lowest BCUT2D eigenvalue weighted by atomic mass is 10.2. The molecule has 15 heavy (non-hydrogen) atoms. The summed E-state index contributed by atoms with van der Waals surface area (Å²) >= 11 is 6.05. The van der Waals surface area contributed by atoms with Crippen LogP contribution in [-0.2, 0) is 6.42 Å². The number of pyridine rings is 1. The van der Waals surface area contributed by atoms with E-state index in [0.717, 1.165) is 17.8 Å². The summed E-state index contributed by atoms with van der Waals surface area (Å²) in [5.74, 6) is 0.998. The van der Waals surface area contributed by atoms with Crippen molar-refractivity contribution in [2.75, 3.05) is 7.05 Å². The molecule has 1 N–H and O–H groups in total. The van der Waals surface area contributed by atoms with Gasteiger partial charge in [0.25, 0.3) is 0 Å². The summed E-state index contributed by atoms with van der Waals surface area (Å²) in [5.41, 5.74) is 0.970. The average molecular weight is 224 g/mol. The van der Waals surface area contributed by atoms with Crippen LogP contribution in [0.3, 0.4) is 0 Å². The van der Waals surface area contributed by atoms with Crippen molar-refractivity contribution in [2.45, 2.75) is 19.4 Å². The molecule has 80 valence electrons. The fraction of sp³-hybridized carbons (Fsp3) is 0.364. The van der Waals surface area contributed by atoms with E-state index in [0.29, 0.717) is 11.2 Å². The molecule has 1 atom stereocenters. The number of imidazole rings is 1. The first-order chi connectivity index (χ1) is 7.22. The van der Waals surface area contributed by atoms with Crippen LogP contribution in [0.1, 0.15) is 12.7 Å². The monoisotopic (exact) mass is 223 g/mol. The molecule has 2 rings (SSSR count). The molecular formula is C11H14ClN3. The van der Waals surface area contributed by atoms with Crippen molar-refractivity contribution < 1.29 is 0 Å². The fourth-order valence-corrected chi connectivity index (χ4v) is 1.83. The van der Waals surface area contributed by atoms with E-state index < -0.39 is 0 Å². The third-order valence-electron chi connectivity index (χ3n) is 2.56. The summed E-state index contributed by atoms with van der Waals surface area (Å²) in [4.78, 5) is 4.37. The number of halogens is 1. The molecular weight excluding hydrogens is 210 g/mol. The Kier molecular flexibility index (Phi) is 2.93. The van der Waals surface area contributed by atoms with Gasteiger partial charge in [0.1, 0.15) is 5.82 Å². The molecule has 1 unspecified atom stereocenters. The van der Waals surface area contributed by atoms with Crippen molar-refractivity contribution in [3.05, 3.63) is 35.4 Å². The highest BCUT2D eigenvalue weighted by atomic mass is 35.5. The second kappa shape index (κ2) is 4.21. The Bertz CT molecular complexity index is 464. The van der Waals surface area contributed by atoms with E-state index in [-0.39, 0.29) is 0 Å². The lowest BCUT2D eigenvalue weighted by molar-refractivity contribution is 0.590. The first-order valence-corrected chi connectivity index (χ1v) is 5.39. The predicted octanol–water partition coefficient (Wildman–Crippen LogP) is 2.14. The Morgan fingerprint density at radius 3 is 3.07 bits per heavy atom. The second-order valence-electron chi connectivity index (χ2n) is 3.67. The zero-order valence-electron chi connectivity index (χ0n) is 8.87. The molecule has 0 saturated carbocycles. The van der Waals surface area contributed by atoms with E-state index in [4.69, 9.17) is 11.6 Å². The number of fused-ring (bicyclic) bond motifs is 1. The molecule has 0 amide bonds. The quantitative estimate of drug-likeness (QED) is 0.864. The minimum absolute atomic E-state index is 0.395. The molecule has 0 aliphatic rings. The van der Waals surface area contributed by atoms with Crippen LogP contribution >= 0.6 is 11.6 Å². The van der Waals surface area contributed by atoms with Crippen molar-refractivity contribution in [3.8, 4) is 0 Å². The molecule has 0 radical (unpaired) electrons. The van der Waals surface area contributed by atoms with Gasteiger partial charge in [-0.2, -0.15) is 0 Å². The van der Waals surface area contributed by atoms with Crippen LogP contribution in [0.15, 0.2) is 24.4 Å². The summed E-state index contributed by atoms with van der Waals surface area (Å²) in [6.45, 7) is 2.12. The predicted molar refractivity (Wildman–Crippen MR) is 62.4 cm³/mol. The smallest absolute Gasteiger partial charge is 0.155 e. The van der Waals surface area contributed by atoms with Gasteiger partial charge in [-0.3, -0.25) is 0 Å². The van der Waals surface area contributed by atoms with Gasteiger partial charge in [-0.25, -0.2) is 4.98 Å². The van der Waals surface area contributed by atoms with Crippen LogP contribution in [0.25, 0.3) is 5.52 Å². The van der Waals surface area contributed by atoms with Crippen LogP contribution in [0, 0.1) is 0 Å². The molecule has 0 aromatic carbocycles. The lowest BCUT2D eigenvalue weighted by Crippen LogP contribution is -2.24. The Labute approximate surface area is 94.1 Å². The molecule has 0 spiro atoms. The Morgan fingerprint density at radius 2 is 2.33 bits per heavy atom. The number of aromatic nitrogens is 2. The molecule has 0 aliphatic carbocycles. The summed E-state index contributed by atoms with van der Waals surface area (Å²) in [5, 5.41) is 3.77. The van der Waals surface area contributed by atoms with Crippen molar-refractivity contribution >= 4 is 17.1 Å². The van der Waals surface area contributed by atoms with Crippen LogP contribution in [0.5, 0.6) is 0 Å². The molecule has 0 saturated heterocycles. The Balaban J connectivity index is 2.43. The van der Waals surface area contributed by atoms with Gasteiger partial charge in [-0.05, 0) is 26.1 Å². The summed E-state index contributed by atoms with van der Waals surface area (Å²) in [6, 6.07) is 6.32. The maximum atomic E-state index is 6.05. The van der Waals surface area contributed by atoms with E-state index in [9.17, 15) is 0 Å². The van der Waals surface area contributed by atoms with Gasteiger partial charge in [-0.1, -0.05) is 17.7 Å². The highest BCUT2D eigenvalue weighted by Gasteiger charge is 2.10. The molecule has 3 nitrogen and oxygen atoms in total. The van der Waals surface area contributed by atoms with Crippen LogP contribution in [0.4, 0.5) is 0 Å². The highest BCUT2D eigenvalue weighted by Crippen LogP contribution is 2.18. The van der Waals surface area contributed by atoms with Gasteiger partial charge >= 0.3 is 0 Å². The van der Waals surface area contributed by atoms with Gasteiger partial charge in [0.15, 0.2) is 5.15 Å². The van der Waals surface area contributed by atoms with E-state index in [2.05, 4.69) is 17.2 Å². The van der Waals surface area contributed by atoms with Gasteiger partial charge in [0, 0.05) is 18.7 Å². The van der Waals surface area contributed by atoms with Gasteiger partial charge < -0.3 is 9.72 Å². The van der Waals surface area contributed by atoms with Crippen molar-refractivity contribution in [1.29, 1.82) is 0 Å². The maximum Gasteiger partial charge on any atom is 0.155 e. The molecule has 4 heteroatoms. The number of hydrogen-bond acceptors (Lipinski definition) is 2. The minimum atomic E-state index is 0.395. The molecule has 0 bridgehead atoms.